The predicted molar refractivity (Wildman–Crippen MR) is 112 cm³/mol. The molecule has 0 heterocycles. The number of phenols is 1. The molecular formula is C24H34O5. The number of rotatable bonds is 5. The molecule has 2 fully saturated rings. The minimum absolute atomic E-state index is 0.00679. The first-order valence-corrected chi connectivity index (χ1v) is 10.5. The maximum absolute atomic E-state index is 12.2. The van der Waals surface area contributed by atoms with Crippen molar-refractivity contribution < 1.29 is 24.5 Å². The molecule has 0 amide bonds. The zero-order valence-corrected chi connectivity index (χ0v) is 18.1. The fraction of sp³-hybridized carbons (Fsp3) is 0.625. The van der Waals surface area contributed by atoms with Crippen LogP contribution in [0.25, 0.3) is 0 Å². The molecule has 1 aromatic rings. The number of allylic oxidation sites excluding steroid dienone is 1. The molecule has 0 bridgehead atoms. The van der Waals surface area contributed by atoms with E-state index in [2.05, 4.69) is 20.4 Å². The number of aliphatic hydroxyl groups is 1. The van der Waals surface area contributed by atoms with E-state index >= 15 is 0 Å². The SMILES string of the molecule is C=C1CCC[C@H]2[C@](CO)(Cc3cc(C(=O)OC)cc(OC)c3O)[C@@H](C)CC[C@]12C. The van der Waals surface area contributed by atoms with E-state index in [1.54, 1.807) is 6.07 Å². The number of esters is 1. The lowest BCUT2D eigenvalue weighted by atomic mass is 9.45. The zero-order valence-electron chi connectivity index (χ0n) is 18.1. The molecule has 0 saturated heterocycles. The van der Waals surface area contributed by atoms with Crippen molar-refractivity contribution in [2.24, 2.45) is 22.7 Å². The molecule has 5 heteroatoms. The van der Waals surface area contributed by atoms with E-state index in [0.29, 0.717) is 17.5 Å². The highest BCUT2D eigenvalue weighted by atomic mass is 16.5. The Balaban J connectivity index is 2.10. The third kappa shape index (κ3) is 3.43. The average molecular weight is 403 g/mol. The van der Waals surface area contributed by atoms with Gasteiger partial charge in [0.2, 0.25) is 0 Å². The Labute approximate surface area is 173 Å². The van der Waals surface area contributed by atoms with E-state index < -0.39 is 11.4 Å². The summed E-state index contributed by atoms with van der Waals surface area (Å²) in [5.74, 6) is 0.355. The number of ether oxygens (including phenoxy) is 2. The molecule has 2 N–H and O–H groups in total. The third-order valence-corrected chi connectivity index (χ3v) is 7.93. The number of hydrogen-bond donors (Lipinski definition) is 2. The standard InChI is InChI=1S/C24H34O5/c1-15-7-6-8-20-23(15,3)10-9-16(2)24(20,14-25)13-18-11-17(22(27)29-5)12-19(28-4)21(18)26/h11-12,16,20,25-26H,1,6-10,13-14H2,2-5H3/t16-,20+,23+,24-/m0/s1. The minimum atomic E-state index is -0.477. The Morgan fingerprint density at radius 2 is 2.03 bits per heavy atom. The predicted octanol–water partition coefficient (Wildman–Crippen LogP) is 4.50. The summed E-state index contributed by atoms with van der Waals surface area (Å²) in [5, 5.41) is 21.6. The first kappa shape index (κ1) is 21.7. The summed E-state index contributed by atoms with van der Waals surface area (Å²) in [7, 11) is 2.80. The molecule has 4 atom stereocenters. The van der Waals surface area contributed by atoms with Crippen LogP contribution in [0.15, 0.2) is 24.3 Å². The summed E-state index contributed by atoms with van der Waals surface area (Å²) >= 11 is 0. The third-order valence-electron chi connectivity index (χ3n) is 7.93. The molecule has 0 unspecified atom stereocenters. The number of phenolic OH excluding ortho intramolecular Hbond substituents is 1. The number of fused-ring (bicyclic) bond motifs is 1. The summed E-state index contributed by atoms with van der Waals surface area (Å²) < 4.78 is 10.2. The highest BCUT2D eigenvalue weighted by molar-refractivity contribution is 5.90. The van der Waals surface area contributed by atoms with Gasteiger partial charge in [0.05, 0.1) is 19.8 Å². The van der Waals surface area contributed by atoms with E-state index in [1.807, 2.05) is 0 Å². The molecule has 0 aromatic heterocycles. The van der Waals surface area contributed by atoms with Crippen molar-refractivity contribution >= 4 is 5.97 Å². The fourth-order valence-electron chi connectivity index (χ4n) is 5.96. The number of benzene rings is 1. The molecule has 2 aliphatic carbocycles. The highest BCUT2D eigenvalue weighted by Crippen LogP contribution is 2.62. The van der Waals surface area contributed by atoms with Crippen LogP contribution in [0.4, 0.5) is 0 Å². The van der Waals surface area contributed by atoms with Gasteiger partial charge in [0.1, 0.15) is 0 Å². The molecule has 160 valence electrons. The van der Waals surface area contributed by atoms with Crippen molar-refractivity contribution in [2.75, 3.05) is 20.8 Å². The van der Waals surface area contributed by atoms with Gasteiger partial charge in [-0.1, -0.05) is 26.0 Å². The van der Waals surface area contributed by atoms with Gasteiger partial charge in [-0.05, 0) is 73.5 Å². The molecule has 5 nitrogen and oxygen atoms in total. The van der Waals surface area contributed by atoms with E-state index in [4.69, 9.17) is 9.47 Å². The van der Waals surface area contributed by atoms with Crippen LogP contribution in [0.5, 0.6) is 11.5 Å². The van der Waals surface area contributed by atoms with Crippen molar-refractivity contribution in [1.82, 2.24) is 0 Å². The van der Waals surface area contributed by atoms with E-state index in [0.717, 1.165) is 32.1 Å². The van der Waals surface area contributed by atoms with Gasteiger partial charge in [-0.3, -0.25) is 0 Å². The smallest absolute Gasteiger partial charge is 0.337 e. The van der Waals surface area contributed by atoms with Gasteiger partial charge in [-0.15, -0.1) is 0 Å². The van der Waals surface area contributed by atoms with Crippen LogP contribution in [-0.2, 0) is 11.2 Å². The molecule has 1 aromatic carbocycles. The Kier molecular flexibility index (Phi) is 6.00. The first-order valence-electron chi connectivity index (χ1n) is 10.5. The number of carbonyl (C=O) groups is 1. The van der Waals surface area contributed by atoms with Crippen LogP contribution in [0, 0.1) is 22.7 Å². The Morgan fingerprint density at radius 1 is 1.31 bits per heavy atom. The second-order valence-corrected chi connectivity index (χ2v) is 9.15. The molecule has 2 aliphatic rings. The Bertz CT molecular complexity index is 801. The van der Waals surface area contributed by atoms with Gasteiger partial charge in [0.25, 0.3) is 0 Å². The van der Waals surface area contributed by atoms with Crippen molar-refractivity contribution in [3.63, 3.8) is 0 Å². The Morgan fingerprint density at radius 3 is 2.66 bits per heavy atom. The molecule has 0 radical (unpaired) electrons. The number of methoxy groups -OCH3 is 2. The van der Waals surface area contributed by atoms with Gasteiger partial charge >= 0.3 is 5.97 Å². The van der Waals surface area contributed by atoms with Gasteiger partial charge < -0.3 is 19.7 Å². The topological polar surface area (TPSA) is 76.0 Å². The highest BCUT2D eigenvalue weighted by Gasteiger charge is 2.56. The number of carbonyl (C=O) groups excluding carboxylic acids is 1. The molecule has 2 saturated carbocycles. The van der Waals surface area contributed by atoms with E-state index in [9.17, 15) is 15.0 Å². The van der Waals surface area contributed by atoms with Crippen molar-refractivity contribution in [3.05, 3.63) is 35.4 Å². The van der Waals surface area contributed by atoms with E-state index in [-0.39, 0.29) is 35.4 Å². The van der Waals surface area contributed by atoms with Gasteiger partial charge in [-0.2, -0.15) is 0 Å². The summed E-state index contributed by atoms with van der Waals surface area (Å²) in [5.41, 5.74) is 1.83. The quantitative estimate of drug-likeness (QED) is 0.560. The van der Waals surface area contributed by atoms with Crippen LogP contribution < -0.4 is 4.74 Å². The van der Waals surface area contributed by atoms with E-state index in [1.165, 1.54) is 25.9 Å². The molecule has 0 spiro atoms. The monoisotopic (exact) mass is 402 g/mol. The maximum Gasteiger partial charge on any atom is 0.337 e. The maximum atomic E-state index is 12.2. The lowest BCUT2D eigenvalue weighted by Gasteiger charge is -2.59. The van der Waals surface area contributed by atoms with Crippen LogP contribution in [-0.4, -0.2) is 37.0 Å². The average Bonchev–Trinajstić information content (AvgIpc) is 2.72. The van der Waals surface area contributed by atoms with Crippen LogP contribution in [0.2, 0.25) is 0 Å². The lowest BCUT2D eigenvalue weighted by molar-refractivity contribution is -0.0925. The number of hydrogen-bond acceptors (Lipinski definition) is 5. The van der Waals surface area contributed by atoms with Crippen molar-refractivity contribution in [1.29, 1.82) is 0 Å². The van der Waals surface area contributed by atoms with Gasteiger partial charge in [-0.25, -0.2) is 4.79 Å². The molecule has 29 heavy (non-hydrogen) atoms. The number of aromatic hydroxyl groups is 1. The van der Waals surface area contributed by atoms with Crippen molar-refractivity contribution in [3.8, 4) is 11.5 Å². The lowest BCUT2D eigenvalue weighted by Crippen LogP contribution is -2.54. The fourth-order valence-corrected chi connectivity index (χ4v) is 5.96. The number of aliphatic hydroxyl groups excluding tert-OH is 1. The molecule has 0 aliphatic heterocycles. The zero-order chi connectivity index (χ0) is 21.4. The van der Waals surface area contributed by atoms with Crippen molar-refractivity contribution in [2.45, 2.75) is 52.4 Å². The first-order chi connectivity index (χ1) is 13.7. The largest absolute Gasteiger partial charge is 0.504 e. The second kappa shape index (κ2) is 8.02. The summed E-state index contributed by atoms with van der Waals surface area (Å²) in [4.78, 5) is 12.2. The summed E-state index contributed by atoms with van der Waals surface area (Å²) in [6, 6.07) is 3.17. The van der Waals surface area contributed by atoms with Crippen LogP contribution >= 0.6 is 0 Å². The molecular weight excluding hydrogens is 368 g/mol. The van der Waals surface area contributed by atoms with Gasteiger partial charge in [0.15, 0.2) is 11.5 Å². The van der Waals surface area contributed by atoms with Crippen LogP contribution in [0.3, 0.4) is 0 Å². The van der Waals surface area contributed by atoms with Gasteiger partial charge in [0, 0.05) is 12.0 Å². The Hall–Kier alpha value is -2.01. The minimum Gasteiger partial charge on any atom is -0.504 e. The molecule has 3 rings (SSSR count). The normalized spacial score (nSPS) is 31.8. The summed E-state index contributed by atoms with van der Waals surface area (Å²) in [6.07, 6.45) is 5.71. The second-order valence-electron chi connectivity index (χ2n) is 9.15. The van der Waals surface area contributed by atoms with Crippen LogP contribution in [0.1, 0.15) is 61.9 Å². The summed E-state index contributed by atoms with van der Waals surface area (Å²) in [6.45, 7) is 8.91.